The molecule has 2 aromatic carbocycles. The van der Waals surface area contributed by atoms with Gasteiger partial charge in [-0.2, -0.15) is 0 Å². The Labute approximate surface area is 124 Å². The molecule has 0 atom stereocenters. The largest absolute Gasteiger partial charge is 0.496 e. The Kier molecular flexibility index (Phi) is 4.12. The fourth-order valence-corrected chi connectivity index (χ4v) is 2.49. The maximum Gasteiger partial charge on any atom is 0.133 e. The standard InChI is InChI=1S/C14H11ClFIO/c1-8-5-9(3-4-11(8)15)10-6-14(18-2)13(17)7-12(10)16/h3-7H,1-2H3. The van der Waals surface area contributed by atoms with Crippen LogP contribution in [0.15, 0.2) is 30.3 Å². The van der Waals surface area contributed by atoms with Gasteiger partial charge in [-0.05, 0) is 64.9 Å². The fraction of sp³-hybridized carbons (Fsp3) is 0.143. The second kappa shape index (κ2) is 5.45. The van der Waals surface area contributed by atoms with Crippen LogP contribution in [-0.4, -0.2) is 7.11 Å². The summed E-state index contributed by atoms with van der Waals surface area (Å²) in [4.78, 5) is 0. The summed E-state index contributed by atoms with van der Waals surface area (Å²) in [5.74, 6) is 0.404. The summed E-state index contributed by atoms with van der Waals surface area (Å²) >= 11 is 8.02. The molecule has 0 radical (unpaired) electrons. The van der Waals surface area contributed by atoms with Gasteiger partial charge in [0.15, 0.2) is 0 Å². The SMILES string of the molecule is COc1cc(-c2ccc(Cl)c(C)c2)c(F)cc1I. The Balaban J connectivity index is 2.59. The molecule has 94 valence electrons. The molecule has 0 spiro atoms. The van der Waals surface area contributed by atoms with E-state index in [0.717, 1.165) is 14.7 Å². The van der Waals surface area contributed by atoms with Crippen LogP contribution in [0.4, 0.5) is 4.39 Å². The van der Waals surface area contributed by atoms with Crippen LogP contribution in [0.1, 0.15) is 5.56 Å². The van der Waals surface area contributed by atoms with Gasteiger partial charge in [-0.25, -0.2) is 4.39 Å². The Morgan fingerprint density at radius 3 is 2.56 bits per heavy atom. The Morgan fingerprint density at radius 1 is 1.22 bits per heavy atom. The number of hydrogen-bond acceptors (Lipinski definition) is 1. The molecule has 0 aliphatic rings. The minimum Gasteiger partial charge on any atom is -0.496 e. The quantitative estimate of drug-likeness (QED) is 0.665. The predicted molar refractivity (Wildman–Crippen MR) is 80.9 cm³/mol. The highest BCUT2D eigenvalue weighted by Crippen LogP contribution is 2.32. The smallest absolute Gasteiger partial charge is 0.133 e. The highest BCUT2D eigenvalue weighted by atomic mass is 127. The van der Waals surface area contributed by atoms with Crippen molar-refractivity contribution < 1.29 is 9.13 Å². The number of benzene rings is 2. The first kappa shape index (κ1) is 13.6. The van der Waals surface area contributed by atoms with Crippen molar-refractivity contribution >= 4 is 34.2 Å². The molecule has 0 aromatic heterocycles. The van der Waals surface area contributed by atoms with Gasteiger partial charge in [0.2, 0.25) is 0 Å². The molecule has 18 heavy (non-hydrogen) atoms. The average molecular weight is 377 g/mol. The lowest BCUT2D eigenvalue weighted by Crippen LogP contribution is -1.92. The van der Waals surface area contributed by atoms with Crippen molar-refractivity contribution in [2.45, 2.75) is 6.92 Å². The van der Waals surface area contributed by atoms with Crippen LogP contribution in [0.5, 0.6) is 5.75 Å². The molecule has 0 unspecified atom stereocenters. The molecule has 0 saturated carbocycles. The zero-order valence-electron chi connectivity index (χ0n) is 9.93. The van der Waals surface area contributed by atoms with E-state index in [4.69, 9.17) is 16.3 Å². The number of rotatable bonds is 2. The van der Waals surface area contributed by atoms with Crippen LogP contribution in [-0.2, 0) is 0 Å². The lowest BCUT2D eigenvalue weighted by atomic mass is 10.0. The molecule has 0 aliphatic heterocycles. The lowest BCUT2D eigenvalue weighted by Gasteiger charge is -2.10. The number of ether oxygens (including phenoxy) is 1. The topological polar surface area (TPSA) is 9.23 Å². The van der Waals surface area contributed by atoms with Gasteiger partial charge in [0, 0.05) is 10.6 Å². The van der Waals surface area contributed by atoms with Crippen molar-refractivity contribution in [1.29, 1.82) is 0 Å². The van der Waals surface area contributed by atoms with Gasteiger partial charge >= 0.3 is 0 Å². The zero-order valence-corrected chi connectivity index (χ0v) is 12.8. The molecule has 2 aromatic rings. The number of methoxy groups -OCH3 is 1. The van der Waals surface area contributed by atoms with Gasteiger partial charge in [0.25, 0.3) is 0 Å². The maximum absolute atomic E-state index is 14.0. The molecule has 0 saturated heterocycles. The van der Waals surface area contributed by atoms with Gasteiger partial charge in [-0.3, -0.25) is 0 Å². The van der Waals surface area contributed by atoms with Crippen molar-refractivity contribution in [2.24, 2.45) is 0 Å². The van der Waals surface area contributed by atoms with Crippen LogP contribution < -0.4 is 4.74 Å². The second-order valence-electron chi connectivity index (χ2n) is 3.93. The first-order valence-corrected chi connectivity index (χ1v) is 6.78. The van der Waals surface area contributed by atoms with E-state index in [0.29, 0.717) is 16.3 Å². The third-order valence-corrected chi connectivity index (χ3v) is 3.98. The van der Waals surface area contributed by atoms with E-state index in [1.165, 1.54) is 6.07 Å². The Bertz CT molecular complexity index is 599. The summed E-state index contributed by atoms with van der Waals surface area (Å²) in [6.45, 7) is 1.90. The van der Waals surface area contributed by atoms with Crippen molar-refractivity contribution in [1.82, 2.24) is 0 Å². The number of hydrogen-bond donors (Lipinski definition) is 0. The fourth-order valence-electron chi connectivity index (χ4n) is 1.72. The van der Waals surface area contributed by atoms with E-state index >= 15 is 0 Å². The number of halogens is 3. The summed E-state index contributed by atoms with van der Waals surface area (Å²) < 4.78 is 20.0. The van der Waals surface area contributed by atoms with E-state index < -0.39 is 0 Å². The van der Waals surface area contributed by atoms with E-state index in [-0.39, 0.29) is 5.82 Å². The van der Waals surface area contributed by atoms with Gasteiger partial charge in [-0.1, -0.05) is 17.7 Å². The summed E-state index contributed by atoms with van der Waals surface area (Å²) in [5.41, 5.74) is 2.24. The Morgan fingerprint density at radius 2 is 1.94 bits per heavy atom. The second-order valence-corrected chi connectivity index (χ2v) is 5.50. The first-order chi connectivity index (χ1) is 8.52. The van der Waals surface area contributed by atoms with Crippen LogP contribution >= 0.6 is 34.2 Å². The molecule has 0 N–H and O–H groups in total. The maximum atomic E-state index is 14.0. The molecule has 0 fully saturated rings. The van der Waals surface area contributed by atoms with E-state index in [1.54, 1.807) is 25.3 Å². The third kappa shape index (κ3) is 2.62. The highest BCUT2D eigenvalue weighted by Gasteiger charge is 2.11. The normalized spacial score (nSPS) is 10.5. The van der Waals surface area contributed by atoms with Gasteiger partial charge in [0.1, 0.15) is 11.6 Å². The van der Waals surface area contributed by atoms with Gasteiger partial charge in [-0.15, -0.1) is 0 Å². The monoisotopic (exact) mass is 376 g/mol. The lowest BCUT2D eigenvalue weighted by molar-refractivity contribution is 0.411. The molecular formula is C14H11ClFIO. The van der Waals surface area contributed by atoms with Crippen LogP contribution in [0.25, 0.3) is 11.1 Å². The van der Waals surface area contributed by atoms with E-state index in [1.807, 2.05) is 35.6 Å². The molecule has 0 amide bonds. The van der Waals surface area contributed by atoms with Crippen molar-refractivity contribution in [2.75, 3.05) is 7.11 Å². The van der Waals surface area contributed by atoms with E-state index in [2.05, 4.69) is 0 Å². The third-order valence-electron chi connectivity index (χ3n) is 2.71. The van der Waals surface area contributed by atoms with Crippen LogP contribution in [0, 0.1) is 16.3 Å². The first-order valence-electron chi connectivity index (χ1n) is 5.32. The highest BCUT2D eigenvalue weighted by molar-refractivity contribution is 14.1. The predicted octanol–water partition coefficient (Wildman–Crippen LogP) is 5.07. The van der Waals surface area contributed by atoms with Crippen molar-refractivity contribution in [3.8, 4) is 16.9 Å². The minimum atomic E-state index is -0.262. The Hall–Kier alpha value is -0.810. The van der Waals surface area contributed by atoms with Gasteiger partial charge < -0.3 is 4.74 Å². The van der Waals surface area contributed by atoms with Gasteiger partial charge in [0.05, 0.1) is 10.7 Å². The average Bonchev–Trinajstić information content (AvgIpc) is 2.33. The molecule has 1 nitrogen and oxygen atoms in total. The zero-order chi connectivity index (χ0) is 13.3. The van der Waals surface area contributed by atoms with E-state index in [9.17, 15) is 4.39 Å². The molecular weight excluding hydrogens is 366 g/mol. The summed E-state index contributed by atoms with van der Waals surface area (Å²) in [6.07, 6.45) is 0. The summed E-state index contributed by atoms with van der Waals surface area (Å²) in [6, 6.07) is 8.63. The number of aryl methyl sites for hydroxylation is 1. The summed E-state index contributed by atoms with van der Waals surface area (Å²) in [5, 5.41) is 0.677. The molecule has 0 aliphatic carbocycles. The van der Waals surface area contributed by atoms with Crippen LogP contribution in [0.3, 0.4) is 0 Å². The van der Waals surface area contributed by atoms with Crippen molar-refractivity contribution in [3.63, 3.8) is 0 Å². The molecule has 2 rings (SSSR count). The molecule has 4 heteroatoms. The molecule has 0 bridgehead atoms. The van der Waals surface area contributed by atoms with Crippen molar-refractivity contribution in [3.05, 3.63) is 50.3 Å². The minimum absolute atomic E-state index is 0.262. The molecule has 0 heterocycles. The van der Waals surface area contributed by atoms with Crippen LogP contribution in [0.2, 0.25) is 5.02 Å². The summed E-state index contributed by atoms with van der Waals surface area (Å²) in [7, 11) is 1.58.